The number of amides is 2. The van der Waals surface area contributed by atoms with Crippen LogP contribution in [0.4, 0.5) is 0 Å². The van der Waals surface area contributed by atoms with Gasteiger partial charge < -0.3 is 21.5 Å². The van der Waals surface area contributed by atoms with E-state index in [9.17, 15) is 44.2 Å². The molecule has 15 nitrogen and oxygen atoms in total. The lowest BCUT2D eigenvalue weighted by Gasteiger charge is -2.16. The van der Waals surface area contributed by atoms with Crippen LogP contribution in [0.3, 0.4) is 0 Å². The molecule has 16 heteroatoms. The van der Waals surface area contributed by atoms with Crippen molar-refractivity contribution in [2.75, 3.05) is 24.6 Å². The Kier molecular flexibility index (Phi) is 12.8. The number of Topliss-reactive ketones (excluding diaryl/α,β-unsaturated/α-hetero) is 2. The molecule has 0 saturated heterocycles. The van der Waals surface area contributed by atoms with E-state index in [4.69, 9.17) is 10.8 Å². The summed E-state index contributed by atoms with van der Waals surface area (Å²) in [5, 5.41) is 34.6. The minimum Gasteiger partial charge on any atom is -0.480 e. The van der Waals surface area contributed by atoms with Gasteiger partial charge in [-0.1, -0.05) is 0 Å². The number of hydrogen-bond donors (Lipinski definition) is 4. The lowest BCUT2D eigenvalue weighted by Crippen LogP contribution is -2.52. The summed E-state index contributed by atoms with van der Waals surface area (Å²) in [6.07, 6.45) is -0.279. The van der Waals surface area contributed by atoms with E-state index >= 15 is 0 Å². The lowest BCUT2D eigenvalue weighted by molar-refractivity contribution is -0.788. The Morgan fingerprint density at radius 3 is 2.18 bits per heavy atom. The molecular weight excluding hydrogens is 466 g/mol. The monoisotopic (exact) mass is 493 g/mol. The number of rotatable bonds is 17. The SMILES string of the molecule is CC(=O)C(N)CCC(=O)C[C@@H](CSCC(=O)NCC(C)([N+](=O)[O-])[N+](=O)[O-])C(=O)NCC(=O)O. The van der Waals surface area contributed by atoms with Gasteiger partial charge in [0.1, 0.15) is 28.0 Å². The second-order valence-electron chi connectivity index (χ2n) is 7.33. The first-order valence-electron chi connectivity index (χ1n) is 9.61. The molecule has 5 N–H and O–H groups in total. The smallest absolute Gasteiger partial charge is 0.472 e. The summed E-state index contributed by atoms with van der Waals surface area (Å²) in [6.45, 7) is 0.486. The van der Waals surface area contributed by atoms with Crippen LogP contribution < -0.4 is 16.4 Å². The van der Waals surface area contributed by atoms with Gasteiger partial charge >= 0.3 is 11.6 Å². The summed E-state index contributed by atoms with van der Waals surface area (Å²) < 4.78 is 0. The predicted molar refractivity (Wildman–Crippen MR) is 114 cm³/mol. The first-order valence-corrected chi connectivity index (χ1v) is 10.8. The van der Waals surface area contributed by atoms with Gasteiger partial charge in [-0.3, -0.25) is 44.2 Å². The minimum absolute atomic E-state index is 0.0744. The number of thioether (sulfide) groups is 1. The predicted octanol–water partition coefficient (Wildman–Crippen LogP) is -1.42. The van der Waals surface area contributed by atoms with Crippen LogP contribution in [0.25, 0.3) is 0 Å². The van der Waals surface area contributed by atoms with Gasteiger partial charge in [-0.05, 0) is 13.3 Å². The Hall–Kier alpha value is -3.14. The standard InChI is InChI=1S/C17H27N5O10S/c1-10(23)13(18)4-3-12(24)5-11(16(28)19-6-15(26)27)7-33-8-14(25)20-9-17(2,21(29)30)22(31)32/h11,13H,3-9,18H2,1-2H3,(H,19,28)(H,20,25)(H,26,27)/t11-,13?/m0/s1. The number of hydrogen-bond acceptors (Lipinski definition) is 11. The Morgan fingerprint density at radius 2 is 1.70 bits per heavy atom. The van der Waals surface area contributed by atoms with Crippen LogP contribution in [0.1, 0.15) is 33.1 Å². The molecule has 33 heavy (non-hydrogen) atoms. The average molecular weight is 493 g/mol. The van der Waals surface area contributed by atoms with Crippen molar-refractivity contribution in [3.8, 4) is 0 Å². The van der Waals surface area contributed by atoms with E-state index in [1.807, 2.05) is 0 Å². The number of carboxylic acid groups (broad SMARTS) is 1. The molecule has 0 aromatic carbocycles. The van der Waals surface area contributed by atoms with Gasteiger partial charge in [0.2, 0.25) is 11.8 Å². The van der Waals surface area contributed by atoms with E-state index < -0.39 is 58.3 Å². The van der Waals surface area contributed by atoms with Gasteiger partial charge in [0.25, 0.3) is 0 Å². The normalized spacial score (nSPS) is 12.8. The van der Waals surface area contributed by atoms with Crippen molar-refractivity contribution in [1.82, 2.24) is 10.6 Å². The van der Waals surface area contributed by atoms with Crippen LogP contribution in [-0.4, -0.2) is 80.6 Å². The average Bonchev–Trinajstić information content (AvgIpc) is 2.72. The van der Waals surface area contributed by atoms with Crippen molar-refractivity contribution in [2.24, 2.45) is 11.7 Å². The number of carboxylic acids is 1. The molecule has 0 aliphatic heterocycles. The minimum atomic E-state index is -2.60. The van der Waals surface area contributed by atoms with E-state index in [-0.39, 0.29) is 42.3 Å². The second kappa shape index (κ2) is 14.1. The first-order chi connectivity index (χ1) is 15.2. The molecule has 0 aromatic rings. The molecule has 0 heterocycles. The molecular formula is C17H27N5O10S. The Labute approximate surface area is 192 Å². The van der Waals surface area contributed by atoms with Gasteiger partial charge in [0, 0.05) is 18.6 Å². The molecule has 2 atom stereocenters. The maximum Gasteiger partial charge on any atom is 0.472 e. The number of nitro groups is 2. The molecule has 2 amide bonds. The highest BCUT2D eigenvalue weighted by atomic mass is 32.2. The third-order valence-electron chi connectivity index (χ3n) is 4.47. The quantitative estimate of drug-likeness (QED) is 0.104. The van der Waals surface area contributed by atoms with Gasteiger partial charge in [0.05, 0.1) is 24.6 Å². The molecule has 0 radical (unpaired) electrons. The molecule has 0 saturated carbocycles. The molecule has 0 rings (SSSR count). The zero-order chi connectivity index (χ0) is 25.8. The largest absolute Gasteiger partial charge is 0.480 e. The highest BCUT2D eigenvalue weighted by Crippen LogP contribution is 2.16. The zero-order valence-electron chi connectivity index (χ0n) is 18.1. The van der Waals surface area contributed by atoms with Crippen LogP contribution in [-0.2, 0) is 24.0 Å². The first kappa shape index (κ1) is 29.9. The molecule has 0 fully saturated rings. The highest BCUT2D eigenvalue weighted by molar-refractivity contribution is 7.99. The summed E-state index contributed by atoms with van der Waals surface area (Å²) in [6, 6.07) is -0.824. The van der Waals surface area contributed by atoms with Crippen LogP contribution in [0, 0.1) is 26.1 Å². The van der Waals surface area contributed by atoms with E-state index in [1.165, 1.54) is 6.92 Å². The number of carbonyl (C=O) groups is 5. The number of carbonyl (C=O) groups excluding carboxylic acids is 4. The summed E-state index contributed by atoms with van der Waals surface area (Å²) in [5.74, 6) is -4.88. The fourth-order valence-electron chi connectivity index (χ4n) is 2.24. The van der Waals surface area contributed by atoms with E-state index in [2.05, 4.69) is 10.6 Å². The second-order valence-corrected chi connectivity index (χ2v) is 8.36. The number of ketones is 2. The number of nitrogens with zero attached hydrogens (tertiary/aromatic N) is 2. The topological polar surface area (TPSA) is 242 Å². The van der Waals surface area contributed by atoms with Crippen LogP contribution in [0.2, 0.25) is 0 Å². The van der Waals surface area contributed by atoms with Crippen LogP contribution in [0.15, 0.2) is 0 Å². The fourth-order valence-corrected chi connectivity index (χ4v) is 3.20. The molecule has 1 unspecified atom stereocenters. The molecule has 0 aliphatic carbocycles. The number of nitrogens with one attached hydrogen (secondary N) is 2. The Bertz CT molecular complexity index is 776. The third-order valence-corrected chi connectivity index (χ3v) is 5.58. The van der Waals surface area contributed by atoms with Crippen molar-refractivity contribution in [3.05, 3.63) is 20.2 Å². The summed E-state index contributed by atoms with van der Waals surface area (Å²) in [7, 11) is 0. The van der Waals surface area contributed by atoms with Gasteiger partial charge in [-0.15, -0.1) is 0 Å². The lowest BCUT2D eigenvalue weighted by atomic mass is 9.98. The van der Waals surface area contributed by atoms with Gasteiger partial charge in [-0.25, -0.2) is 0 Å². The van der Waals surface area contributed by atoms with E-state index in [0.717, 1.165) is 18.7 Å². The van der Waals surface area contributed by atoms with E-state index in [0.29, 0.717) is 0 Å². The summed E-state index contributed by atoms with van der Waals surface area (Å²) in [4.78, 5) is 77.6. The van der Waals surface area contributed by atoms with Crippen molar-refractivity contribution in [1.29, 1.82) is 0 Å². The Balaban J connectivity index is 4.87. The maximum absolute atomic E-state index is 12.2. The number of nitrogens with two attached hydrogens (primary N) is 1. The third kappa shape index (κ3) is 11.3. The fraction of sp³-hybridized carbons (Fsp3) is 0.706. The Morgan fingerprint density at radius 1 is 1.12 bits per heavy atom. The summed E-state index contributed by atoms with van der Waals surface area (Å²) >= 11 is 0.880. The highest BCUT2D eigenvalue weighted by Gasteiger charge is 2.50. The molecule has 0 aliphatic rings. The van der Waals surface area contributed by atoms with Gasteiger partial charge in [-0.2, -0.15) is 11.8 Å². The zero-order valence-corrected chi connectivity index (χ0v) is 18.9. The van der Waals surface area contributed by atoms with Crippen molar-refractivity contribution in [2.45, 2.75) is 44.8 Å². The van der Waals surface area contributed by atoms with Crippen molar-refractivity contribution in [3.63, 3.8) is 0 Å². The molecule has 0 aromatic heterocycles. The van der Waals surface area contributed by atoms with Crippen molar-refractivity contribution >= 4 is 41.1 Å². The summed E-state index contributed by atoms with van der Waals surface area (Å²) in [5.41, 5.74) is 2.96. The van der Waals surface area contributed by atoms with Crippen molar-refractivity contribution < 1.29 is 38.9 Å². The maximum atomic E-state index is 12.2. The molecule has 0 spiro atoms. The number of aliphatic carboxylic acids is 1. The van der Waals surface area contributed by atoms with Crippen LogP contribution in [0.5, 0.6) is 0 Å². The van der Waals surface area contributed by atoms with Crippen LogP contribution >= 0.6 is 11.8 Å². The molecule has 0 bridgehead atoms. The van der Waals surface area contributed by atoms with Gasteiger partial charge in [0.15, 0.2) is 6.54 Å². The molecule has 186 valence electrons. The van der Waals surface area contributed by atoms with E-state index in [1.54, 1.807) is 0 Å².